The van der Waals surface area contributed by atoms with Crippen LogP contribution in [0.2, 0.25) is 0 Å². The number of unbranched alkanes of at least 4 members (excludes halogenated alkanes) is 10. The standard InChI is InChI=1S/C22H26S2.C18H23BrS.C6H9BO2S/c1-2-3-4-5-6-7-9-20-15-16-22(24-20)19-13-11-18(12-14-19)21-10-8-17-23-21;1-2-3-4-5-6-7-8-17-13-14-18(20-17)15-9-11-16(19)12-10-15;1-8-7(9-2)6-4-3-5-10-6/h8,10-17H,2-7,9H2,1H3;9-14H,2-8H2,1H3;3-5H,1-2H3. The Morgan fingerprint density at radius 2 is 0.926 bits per heavy atom. The summed E-state index contributed by atoms with van der Waals surface area (Å²) in [5.74, 6) is 0. The van der Waals surface area contributed by atoms with E-state index in [1.807, 2.05) is 40.2 Å². The summed E-state index contributed by atoms with van der Waals surface area (Å²) in [6.45, 7) is 4.55. The van der Waals surface area contributed by atoms with Gasteiger partial charge in [-0.1, -0.05) is 149 Å². The van der Waals surface area contributed by atoms with E-state index in [1.165, 1.54) is 131 Å². The zero-order valence-corrected chi connectivity index (χ0v) is 37.5. The van der Waals surface area contributed by atoms with Gasteiger partial charge in [0.15, 0.2) is 0 Å². The summed E-state index contributed by atoms with van der Waals surface area (Å²) in [6, 6.07) is 35.0. The van der Waals surface area contributed by atoms with Gasteiger partial charge >= 0.3 is 7.12 Å². The second kappa shape index (κ2) is 26.5. The zero-order chi connectivity index (χ0) is 38.2. The average Bonchev–Trinajstić information content (AvgIpc) is 4.05. The fourth-order valence-electron chi connectivity index (χ4n) is 6.10. The molecule has 288 valence electrons. The molecule has 6 aromatic rings. The highest BCUT2D eigenvalue weighted by Crippen LogP contribution is 2.33. The number of hydrogen-bond donors (Lipinski definition) is 0. The lowest BCUT2D eigenvalue weighted by molar-refractivity contribution is 0.292. The van der Waals surface area contributed by atoms with E-state index in [4.69, 9.17) is 9.31 Å². The van der Waals surface area contributed by atoms with E-state index in [0.29, 0.717) is 0 Å². The quantitative estimate of drug-likeness (QED) is 0.0562. The lowest BCUT2D eigenvalue weighted by Crippen LogP contribution is -2.32. The van der Waals surface area contributed by atoms with Gasteiger partial charge in [-0.25, -0.2) is 0 Å². The molecular formula is C46H58BBrO2S4. The van der Waals surface area contributed by atoms with Crippen LogP contribution in [0.15, 0.2) is 112 Å². The van der Waals surface area contributed by atoms with Gasteiger partial charge < -0.3 is 9.31 Å². The van der Waals surface area contributed by atoms with Gasteiger partial charge in [0.05, 0.1) is 0 Å². The number of hydrogen-bond acceptors (Lipinski definition) is 6. The third kappa shape index (κ3) is 16.1. The SMILES string of the molecule is CCCCCCCCc1ccc(-c2ccc(-c3cccs3)cc2)s1.CCCCCCCCc1ccc(-c2ccc(Br)cc2)s1.COB(OC)c1cccs1. The van der Waals surface area contributed by atoms with Crippen LogP contribution in [0.5, 0.6) is 0 Å². The van der Waals surface area contributed by atoms with Crippen molar-refractivity contribution in [2.75, 3.05) is 14.2 Å². The molecule has 0 saturated carbocycles. The fraction of sp³-hybridized carbons (Fsp3) is 0.391. The molecule has 0 N–H and O–H groups in total. The number of halogens is 1. The number of thiophene rings is 4. The Labute approximate surface area is 351 Å². The smallest absolute Gasteiger partial charge is 0.410 e. The Morgan fingerprint density at radius 1 is 0.481 bits per heavy atom. The van der Waals surface area contributed by atoms with Crippen molar-refractivity contribution in [3.05, 3.63) is 122 Å². The molecule has 0 saturated heterocycles. The molecule has 0 radical (unpaired) electrons. The van der Waals surface area contributed by atoms with Crippen LogP contribution in [0.4, 0.5) is 0 Å². The van der Waals surface area contributed by atoms with Gasteiger partial charge in [-0.2, -0.15) is 11.3 Å². The second-order valence-electron chi connectivity index (χ2n) is 13.4. The van der Waals surface area contributed by atoms with E-state index in [1.54, 1.807) is 36.9 Å². The average molecular weight is 862 g/mol. The largest absolute Gasteiger partial charge is 0.504 e. The minimum absolute atomic E-state index is 0.194. The van der Waals surface area contributed by atoms with Crippen molar-refractivity contribution in [1.82, 2.24) is 0 Å². The van der Waals surface area contributed by atoms with Gasteiger partial charge in [-0.15, -0.1) is 34.0 Å². The van der Waals surface area contributed by atoms with Crippen LogP contribution in [0.25, 0.3) is 31.3 Å². The molecule has 2 nitrogen and oxygen atoms in total. The molecule has 6 rings (SSSR count). The topological polar surface area (TPSA) is 18.5 Å². The highest BCUT2D eigenvalue weighted by Gasteiger charge is 2.18. The van der Waals surface area contributed by atoms with Gasteiger partial charge in [0, 0.05) is 47.9 Å². The predicted molar refractivity (Wildman–Crippen MR) is 248 cm³/mol. The molecule has 0 aliphatic heterocycles. The van der Waals surface area contributed by atoms with Crippen LogP contribution in [0.3, 0.4) is 0 Å². The van der Waals surface area contributed by atoms with Crippen molar-refractivity contribution < 1.29 is 9.31 Å². The molecular weight excluding hydrogens is 803 g/mol. The maximum atomic E-state index is 5.03. The van der Waals surface area contributed by atoms with Crippen LogP contribution in [0, 0.1) is 0 Å². The minimum Gasteiger partial charge on any atom is -0.410 e. The fourth-order valence-corrected chi connectivity index (χ4v) is 9.99. The first-order chi connectivity index (χ1) is 26.5. The molecule has 0 aliphatic rings. The van der Waals surface area contributed by atoms with Crippen molar-refractivity contribution >= 4 is 73.2 Å². The van der Waals surface area contributed by atoms with E-state index >= 15 is 0 Å². The number of benzene rings is 2. The lowest BCUT2D eigenvalue weighted by atomic mass is 9.88. The third-order valence-electron chi connectivity index (χ3n) is 9.18. The molecule has 4 aromatic heterocycles. The summed E-state index contributed by atoms with van der Waals surface area (Å²) in [5.41, 5.74) is 3.99. The molecule has 2 aromatic carbocycles. The summed E-state index contributed by atoms with van der Waals surface area (Å²) < 4.78 is 12.3. The number of aryl methyl sites for hydroxylation is 2. The molecule has 0 amide bonds. The van der Waals surface area contributed by atoms with Gasteiger partial charge in [0.1, 0.15) is 0 Å². The molecule has 0 aliphatic carbocycles. The van der Waals surface area contributed by atoms with Gasteiger partial charge in [0.25, 0.3) is 0 Å². The third-order valence-corrected chi connectivity index (χ3v) is 13.9. The summed E-state index contributed by atoms with van der Waals surface area (Å²) in [5, 5.41) is 4.14. The highest BCUT2D eigenvalue weighted by molar-refractivity contribution is 9.10. The summed E-state index contributed by atoms with van der Waals surface area (Å²) in [4.78, 5) is 7.19. The van der Waals surface area contributed by atoms with E-state index < -0.39 is 0 Å². The maximum absolute atomic E-state index is 5.03. The summed E-state index contributed by atoms with van der Waals surface area (Å²) >= 11 is 10.8. The number of rotatable bonds is 20. The Bertz CT molecular complexity index is 1770. The Balaban J connectivity index is 0.000000195. The van der Waals surface area contributed by atoms with Gasteiger partial charge in [-0.05, 0) is 95.6 Å². The minimum atomic E-state index is -0.194. The Kier molecular flexibility index (Phi) is 21.8. The van der Waals surface area contributed by atoms with E-state index in [0.717, 1.165) is 9.25 Å². The second-order valence-corrected chi connectivity index (χ2v) is 18.6. The normalized spacial score (nSPS) is 10.8. The molecule has 54 heavy (non-hydrogen) atoms. The van der Waals surface area contributed by atoms with E-state index in [-0.39, 0.29) is 7.12 Å². The van der Waals surface area contributed by atoms with Gasteiger partial charge in [-0.3, -0.25) is 0 Å². The van der Waals surface area contributed by atoms with Crippen molar-refractivity contribution in [2.45, 2.75) is 104 Å². The Hall–Kier alpha value is -2.30. The van der Waals surface area contributed by atoms with Crippen molar-refractivity contribution in [1.29, 1.82) is 0 Å². The highest BCUT2D eigenvalue weighted by atomic mass is 79.9. The van der Waals surface area contributed by atoms with Crippen molar-refractivity contribution in [3.8, 4) is 31.3 Å². The monoisotopic (exact) mass is 860 g/mol. The van der Waals surface area contributed by atoms with Crippen LogP contribution < -0.4 is 4.78 Å². The van der Waals surface area contributed by atoms with E-state index in [2.05, 4.69) is 120 Å². The Morgan fingerprint density at radius 3 is 1.37 bits per heavy atom. The molecule has 4 heterocycles. The van der Waals surface area contributed by atoms with Crippen LogP contribution >= 0.6 is 61.3 Å². The summed E-state index contributed by atoms with van der Waals surface area (Å²) in [6.07, 6.45) is 19.0. The van der Waals surface area contributed by atoms with Crippen molar-refractivity contribution in [2.24, 2.45) is 0 Å². The zero-order valence-electron chi connectivity index (χ0n) is 32.7. The maximum Gasteiger partial charge on any atom is 0.504 e. The first-order valence-electron chi connectivity index (χ1n) is 19.7. The van der Waals surface area contributed by atoms with E-state index in [9.17, 15) is 0 Å². The molecule has 0 atom stereocenters. The molecule has 0 unspecified atom stereocenters. The summed E-state index contributed by atoms with van der Waals surface area (Å²) in [7, 11) is 3.07. The first kappa shape index (κ1) is 44.4. The molecule has 0 fully saturated rings. The molecule has 0 spiro atoms. The first-order valence-corrected chi connectivity index (χ1v) is 23.9. The lowest BCUT2D eigenvalue weighted by Gasteiger charge is -2.03. The van der Waals surface area contributed by atoms with Crippen LogP contribution in [0.1, 0.15) is 101 Å². The van der Waals surface area contributed by atoms with Gasteiger partial charge in [0.2, 0.25) is 0 Å². The van der Waals surface area contributed by atoms with Crippen LogP contribution in [-0.4, -0.2) is 21.3 Å². The molecule has 0 bridgehead atoms. The molecule has 8 heteroatoms. The van der Waals surface area contributed by atoms with Crippen LogP contribution in [-0.2, 0) is 22.2 Å². The predicted octanol–water partition coefficient (Wildman–Crippen LogP) is 15.9. The van der Waals surface area contributed by atoms with Crippen molar-refractivity contribution in [3.63, 3.8) is 0 Å².